The molecule has 2 rings (SSSR count). The van der Waals surface area contributed by atoms with Gasteiger partial charge in [0.1, 0.15) is 5.41 Å². The Kier molecular flexibility index (Phi) is 3.69. The van der Waals surface area contributed by atoms with Crippen LogP contribution >= 0.6 is 0 Å². The molecular weight excluding hydrogens is 262 g/mol. The number of carbonyl (C=O) groups is 1. The minimum atomic E-state index is -1.08. The molecule has 0 aromatic heterocycles. The Labute approximate surface area is 116 Å². The lowest BCUT2D eigenvalue weighted by Gasteiger charge is -2.25. The fourth-order valence-electron chi connectivity index (χ4n) is 1.81. The molecule has 0 spiro atoms. The second kappa shape index (κ2) is 5.28. The van der Waals surface area contributed by atoms with Gasteiger partial charge in [0.2, 0.25) is 12.7 Å². The number of amides is 1. The molecule has 0 radical (unpaired) electrons. The van der Waals surface area contributed by atoms with E-state index in [-0.39, 0.29) is 18.5 Å². The predicted octanol–water partition coefficient (Wildman–Crippen LogP) is 1.52. The van der Waals surface area contributed by atoms with Crippen LogP contribution in [-0.2, 0) is 4.79 Å². The maximum Gasteiger partial charge on any atom is 0.238 e. The van der Waals surface area contributed by atoms with Crippen molar-refractivity contribution in [3.63, 3.8) is 0 Å². The van der Waals surface area contributed by atoms with Crippen LogP contribution in [0, 0.1) is 5.41 Å². The van der Waals surface area contributed by atoms with E-state index in [2.05, 4.69) is 10.5 Å². The summed E-state index contributed by atoms with van der Waals surface area (Å²) < 4.78 is 10.4. The third-order valence-corrected chi connectivity index (χ3v) is 3.51. The van der Waals surface area contributed by atoms with Crippen molar-refractivity contribution in [2.24, 2.45) is 16.3 Å². The van der Waals surface area contributed by atoms with E-state index in [9.17, 15) is 4.79 Å². The summed E-state index contributed by atoms with van der Waals surface area (Å²) in [5, 5.41) is 14.5. The first kappa shape index (κ1) is 14.0. The summed E-state index contributed by atoms with van der Waals surface area (Å²) in [4.78, 5) is 12.3. The van der Waals surface area contributed by atoms with Crippen LogP contribution in [0.5, 0.6) is 11.5 Å². The highest BCUT2D eigenvalue weighted by Gasteiger charge is 2.36. The summed E-state index contributed by atoms with van der Waals surface area (Å²) in [6, 6.07) is 5.08. The number of nitrogens with one attached hydrogen (secondary N) is 1. The van der Waals surface area contributed by atoms with Crippen LogP contribution in [0.2, 0.25) is 0 Å². The third kappa shape index (κ3) is 2.34. The number of fused-ring (bicyclic) bond motifs is 1. The lowest BCUT2D eigenvalue weighted by molar-refractivity contribution is -0.121. The maximum atomic E-state index is 12.3. The molecule has 0 saturated carbocycles. The Balaban J connectivity index is 2.19. The Morgan fingerprint density at radius 2 is 2.20 bits per heavy atom. The smallest absolute Gasteiger partial charge is 0.238 e. The molecule has 1 aliphatic heterocycles. The summed E-state index contributed by atoms with van der Waals surface area (Å²) in [6.45, 7) is 3.57. The summed E-state index contributed by atoms with van der Waals surface area (Å²) in [7, 11) is 0. The number of anilines is 1. The monoisotopic (exact) mass is 279 g/mol. The number of nitrogens with zero attached hydrogens (tertiary/aromatic N) is 1. The molecular formula is C13H17N3O4. The molecule has 1 aliphatic rings. The van der Waals surface area contributed by atoms with E-state index in [1.165, 1.54) is 0 Å². The lowest BCUT2D eigenvalue weighted by atomic mass is 9.85. The van der Waals surface area contributed by atoms with E-state index in [4.69, 9.17) is 20.4 Å². The van der Waals surface area contributed by atoms with Gasteiger partial charge in [0.25, 0.3) is 0 Å². The molecule has 0 aliphatic carbocycles. The number of oxime groups is 1. The Morgan fingerprint density at radius 3 is 2.85 bits per heavy atom. The van der Waals surface area contributed by atoms with Gasteiger partial charge >= 0.3 is 0 Å². The molecule has 1 atom stereocenters. The van der Waals surface area contributed by atoms with Crippen molar-refractivity contribution in [3.8, 4) is 11.5 Å². The topological polar surface area (TPSA) is 106 Å². The Morgan fingerprint density at radius 1 is 1.50 bits per heavy atom. The fraction of sp³-hybridized carbons (Fsp3) is 0.385. The van der Waals surface area contributed by atoms with Crippen molar-refractivity contribution >= 4 is 17.4 Å². The fourth-order valence-corrected chi connectivity index (χ4v) is 1.81. The lowest BCUT2D eigenvalue weighted by Crippen LogP contribution is -2.44. The van der Waals surface area contributed by atoms with Gasteiger partial charge in [-0.2, -0.15) is 0 Å². The number of benzene rings is 1. The van der Waals surface area contributed by atoms with Crippen molar-refractivity contribution in [3.05, 3.63) is 18.2 Å². The average molecular weight is 279 g/mol. The molecule has 1 amide bonds. The van der Waals surface area contributed by atoms with Crippen LogP contribution in [0.15, 0.2) is 23.4 Å². The zero-order valence-corrected chi connectivity index (χ0v) is 11.3. The number of amidine groups is 1. The molecule has 1 aromatic carbocycles. The molecule has 0 fully saturated rings. The van der Waals surface area contributed by atoms with Crippen LogP contribution in [0.4, 0.5) is 5.69 Å². The van der Waals surface area contributed by atoms with Crippen molar-refractivity contribution in [2.75, 3.05) is 12.1 Å². The first-order valence-electron chi connectivity index (χ1n) is 6.20. The molecule has 0 bridgehead atoms. The normalized spacial score (nSPS) is 16.6. The first-order chi connectivity index (χ1) is 9.51. The van der Waals surface area contributed by atoms with Crippen molar-refractivity contribution in [1.82, 2.24) is 0 Å². The van der Waals surface area contributed by atoms with Gasteiger partial charge < -0.3 is 25.7 Å². The standard InChI is InChI=1S/C13H17N3O4/c1-3-13(2,11(14)16-18)12(17)15-8-4-5-9-10(6-8)20-7-19-9/h4-6,18H,3,7H2,1-2H3,(H2,14,16)(H,15,17). The number of nitrogens with two attached hydrogens (primary N) is 1. The van der Waals surface area contributed by atoms with Gasteiger partial charge in [-0.1, -0.05) is 12.1 Å². The molecule has 7 nitrogen and oxygen atoms in total. The predicted molar refractivity (Wildman–Crippen MR) is 73.0 cm³/mol. The SMILES string of the molecule is CCC(C)(C(=O)Nc1ccc2c(c1)OCO2)/C(N)=N/O. The number of rotatable bonds is 4. The molecule has 1 aromatic rings. The number of ether oxygens (including phenoxy) is 2. The van der Waals surface area contributed by atoms with Crippen molar-refractivity contribution in [2.45, 2.75) is 20.3 Å². The van der Waals surface area contributed by atoms with Gasteiger partial charge in [0.05, 0.1) is 0 Å². The van der Waals surface area contributed by atoms with Crippen LogP contribution in [0.3, 0.4) is 0 Å². The van der Waals surface area contributed by atoms with E-state index in [1.54, 1.807) is 32.0 Å². The molecule has 7 heteroatoms. The van der Waals surface area contributed by atoms with E-state index >= 15 is 0 Å². The van der Waals surface area contributed by atoms with Gasteiger partial charge in [-0.3, -0.25) is 4.79 Å². The van der Waals surface area contributed by atoms with Gasteiger partial charge in [0.15, 0.2) is 17.3 Å². The van der Waals surface area contributed by atoms with E-state index in [0.717, 1.165) is 0 Å². The van der Waals surface area contributed by atoms with Crippen LogP contribution < -0.4 is 20.5 Å². The Hall–Kier alpha value is -2.44. The molecule has 1 unspecified atom stereocenters. The van der Waals surface area contributed by atoms with Crippen molar-refractivity contribution in [1.29, 1.82) is 0 Å². The average Bonchev–Trinajstić information content (AvgIpc) is 2.92. The van der Waals surface area contributed by atoms with E-state index < -0.39 is 5.41 Å². The summed E-state index contributed by atoms with van der Waals surface area (Å²) in [5.74, 6) is 0.731. The third-order valence-electron chi connectivity index (χ3n) is 3.51. The molecule has 0 saturated heterocycles. The highest BCUT2D eigenvalue weighted by molar-refractivity contribution is 6.11. The Bertz CT molecular complexity index is 559. The maximum absolute atomic E-state index is 12.3. The number of hydrogen-bond donors (Lipinski definition) is 3. The highest BCUT2D eigenvalue weighted by Crippen LogP contribution is 2.35. The zero-order chi connectivity index (χ0) is 14.8. The van der Waals surface area contributed by atoms with Crippen LogP contribution in [0.1, 0.15) is 20.3 Å². The summed E-state index contributed by atoms with van der Waals surface area (Å²) in [6.07, 6.45) is 0.402. The summed E-state index contributed by atoms with van der Waals surface area (Å²) >= 11 is 0. The van der Waals surface area contributed by atoms with Crippen molar-refractivity contribution < 1.29 is 19.5 Å². The minimum Gasteiger partial charge on any atom is -0.454 e. The second-order valence-electron chi connectivity index (χ2n) is 4.69. The molecule has 4 N–H and O–H groups in total. The molecule has 1 heterocycles. The second-order valence-corrected chi connectivity index (χ2v) is 4.69. The highest BCUT2D eigenvalue weighted by atomic mass is 16.7. The van der Waals surface area contributed by atoms with Crippen LogP contribution in [0.25, 0.3) is 0 Å². The first-order valence-corrected chi connectivity index (χ1v) is 6.20. The largest absolute Gasteiger partial charge is 0.454 e. The summed E-state index contributed by atoms with van der Waals surface area (Å²) in [5.41, 5.74) is 5.08. The van der Waals surface area contributed by atoms with E-state index in [0.29, 0.717) is 23.6 Å². The van der Waals surface area contributed by atoms with Crippen LogP contribution in [-0.4, -0.2) is 23.7 Å². The number of carbonyl (C=O) groups excluding carboxylic acids is 1. The van der Waals surface area contributed by atoms with E-state index in [1.807, 2.05) is 0 Å². The number of hydrogen-bond acceptors (Lipinski definition) is 5. The van der Waals surface area contributed by atoms with Gasteiger partial charge in [0, 0.05) is 11.8 Å². The quantitative estimate of drug-likeness (QED) is 0.335. The van der Waals surface area contributed by atoms with Gasteiger partial charge in [-0.05, 0) is 25.5 Å². The molecule has 108 valence electrons. The minimum absolute atomic E-state index is 0.127. The van der Waals surface area contributed by atoms with Gasteiger partial charge in [-0.15, -0.1) is 0 Å². The van der Waals surface area contributed by atoms with Gasteiger partial charge in [-0.25, -0.2) is 0 Å². The molecule has 20 heavy (non-hydrogen) atoms. The zero-order valence-electron chi connectivity index (χ0n) is 11.3.